The van der Waals surface area contributed by atoms with E-state index in [4.69, 9.17) is 14.4 Å². The van der Waals surface area contributed by atoms with Crippen LogP contribution < -0.4 is 5.32 Å². The van der Waals surface area contributed by atoms with Crippen LogP contribution in [0.4, 0.5) is 5.82 Å². The molecule has 1 aliphatic heterocycles. The van der Waals surface area contributed by atoms with Crippen molar-refractivity contribution in [2.75, 3.05) is 7.05 Å². The Bertz CT molecular complexity index is 924. The van der Waals surface area contributed by atoms with Gasteiger partial charge in [0.05, 0.1) is 6.26 Å². The van der Waals surface area contributed by atoms with E-state index in [1.807, 2.05) is 31.3 Å². The van der Waals surface area contributed by atoms with Gasteiger partial charge in [0.1, 0.15) is 17.6 Å². The Balaban J connectivity index is 1.97. The van der Waals surface area contributed by atoms with Gasteiger partial charge >= 0.3 is 0 Å². The van der Waals surface area contributed by atoms with Gasteiger partial charge in [-0.05, 0) is 48.2 Å². The number of hydrogen-bond acceptors (Lipinski definition) is 6. The molecule has 6 heteroatoms. The van der Waals surface area contributed by atoms with Crippen LogP contribution in [0.5, 0.6) is 0 Å². The molecule has 0 fully saturated rings. The molecule has 0 saturated carbocycles. The Morgan fingerprint density at radius 3 is 2.83 bits per heavy atom. The molecule has 0 aromatic carbocycles. The topological polar surface area (TPSA) is 62.8 Å². The van der Waals surface area contributed by atoms with E-state index in [9.17, 15) is 0 Å². The summed E-state index contributed by atoms with van der Waals surface area (Å²) < 4.78 is 5.62. The SMILES string of the molecule is CNC1=Nc2ncccc2C(c2ccco2)=NC1c1sccc1C. The maximum Gasteiger partial charge on any atom is 0.163 e. The van der Waals surface area contributed by atoms with Crippen LogP contribution in [0.25, 0.3) is 0 Å². The molecule has 5 nitrogen and oxygen atoms in total. The first kappa shape index (κ1) is 14.8. The van der Waals surface area contributed by atoms with Crippen LogP contribution in [0.15, 0.2) is 62.6 Å². The van der Waals surface area contributed by atoms with Crippen molar-refractivity contribution in [3.05, 3.63) is 69.9 Å². The number of amidine groups is 1. The van der Waals surface area contributed by atoms with Gasteiger partial charge < -0.3 is 9.73 Å². The molecule has 120 valence electrons. The van der Waals surface area contributed by atoms with Crippen LogP contribution in [-0.2, 0) is 0 Å². The maximum absolute atomic E-state index is 5.62. The lowest BCUT2D eigenvalue weighted by atomic mass is 10.1. The molecule has 1 N–H and O–H groups in total. The molecule has 0 aliphatic carbocycles. The molecule has 4 rings (SSSR count). The van der Waals surface area contributed by atoms with Crippen molar-refractivity contribution in [2.24, 2.45) is 9.98 Å². The summed E-state index contributed by atoms with van der Waals surface area (Å²) in [6, 6.07) is 9.55. The molecular weight excluding hydrogens is 320 g/mol. The van der Waals surface area contributed by atoms with Crippen molar-refractivity contribution >= 4 is 28.7 Å². The van der Waals surface area contributed by atoms with E-state index in [2.05, 4.69) is 28.7 Å². The number of furan rings is 1. The largest absolute Gasteiger partial charge is 0.463 e. The number of pyridine rings is 1. The second-order valence-electron chi connectivity index (χ2n) is 5.45. The highest BCUT2D eigenvalue weighted by molar-refractivity contribution is 7.10. The van der Waals surface area contributed by atoms with Crippen molar-refractivity contribution < 1.29 is 4.42 Å². The standard InChI is InChI=1S/C18H16N4OS/c1-11-7-10-24-16(11)15-18(19-2)22-17-12(5-3-8-20-17)14(21-15)13-6-4-9-23-13/h3-10,15H,1-2H3,(H,19,20,22). The number of nitrogens with zero attached hydrogens (tertiary/aromatic N) is 3. The van der Waals surface area contributed by atoms with E-state index in [1.54, 1.807) is 23.8 Å². The van der Waals surface area contributed by atoms with E-state index >= 15 is 0 Å². The Hall–Kier alpha value is -2.73. The molecule has 4 heterocycles. The third-order valence-electron chi connectivity index (χ3n) is 3.95. The number of rotatable bonds is 2. The fourth-order valence-corrected chi connectivity index (χ4v) is 3.72. The highest BCUT2D eigenvalue weighted by Gasteiger charge is 2.27. The van der Waals surface area contributed by atoms with Gasteiger partial charge in [-0.2, -0.15) is 0 Å². The lowest BCUT2D eigenvalue weighted by Gasteiger charge is -2.14. The third-order valence-corrected chi connectivity index (χ3v) is 5.02. The maximum atomic E-state index is 5.62. The predicted molar refractivity (Wildman–Crippen MR) is 96.5 cm³/mol. The quantitative estimate of drug-likeness (QED) is 0.772. The Morgan fingerprint density at radius 2 is 2.12 bits per heavy atom. The van der Waals surface area contributed by atoms with Crippen molar-refractivity contribution in [1.29, 1.82) is 0 Å². The number of likely N-dealkylation sites (N-methyl/N-ethyl adjacent to an activating group) is 1. The zero-order valence-electron chi connectivity index (χ0n) is 13.4. The monoisotopic (exact) mass is 336 g/mol. The van der Waals surface area contributed by atoms with Crippen molar-refractivity contribution in [3.8, 4) is 0 Å². The van der Waals surface area contributed by atoms with E-state index in [1.165, 1.54) is 10.4 Å². The molecule has 1 unspecified atom stereocenters. The van der Waals surface area contributed by atoms with Gasteiger partial charge in [0.15, 0.2) is 11.6 Å². The van der Waals surface area contributed by atoms with Crippen molar-refractivity contribution in [2.45, 2.75) is 13.0 Å². The summed E-state index contributed by atoms with van der Waals surface area (Å²) in [5.41, 5.74) is 2.85. The molecule has 0 amide bonds. The Kier molecular flexibility index (Phi) is 3.74. The highest BCUT2D eigenvalue weighted by Crippen LogP contribution is 2.33. The van der Waals surface area contributed by atoms with Crippen LogP contribution in [0, 0.1) is 6.92 Å². The molecule has 1 atom stereocenters. The van der Waals surface area contributed by atoms with Gasteiger partial charge in [-0.15, -0.1) is 11.3 Å². The molecular formula is C18H16N4OS. The number of thiophene rings is 1. The first-order valence-corrected chi connectivity index (χ1v) is 8.53. The van der Waals surface area contributed by atoms with E-state index < -0.39 is 0 Å². The van der Waals surface area contributed by atoms with Gasteiger partial charge in [-0.25, -0.2) is 9.98 Å². The number of fused-ring (bicyclic) bond motifs is 1. The average molecular weight is 336 g/mol. The summed E-state index contributed by atoms with van der Waals surface area (Å²) in [6.45, 7) is 2.09. The minimum absolute atomic E-state index is 0.204. The summed E-state index contributed by atoms with van der Waals surface area (Å²) >= 11 is 1.68. The summed E-state index contributed by atoms with van der Waals surface area (Å²) in [7, 11) is 1.87. The molecule has 0 saturated heterocycles. The first-order valence-electron chi connectivity index (χ1n) is 7.65. The number of aryl methyl sites for hydroxylation is 1. The Labute approximate surface area is 143 Å². The zero-order chi connectivity index (χ0) is 16.5. The van der Waals surface area contributed by atoms with Crippen LogP contribution >= 0.6 is 11.3 Å². The summed E-state index contributed by atoms with van der Waals surface area (Å²) in [5.74, 6) is 2.15. The first-order chi connectivity index (χ1) is 11.8. The number of aromatic nitrogens is 1. The summed E-state index contributed by atoms with van der Waals surface area (Å²) in [4.78, 5) is 15.4. The molecule has 24 heavy (non-hydrogen) atoms. The molecule has 3 aromatic heterocycles. The third kappa shape index (κ3) is 2.45. The van der Waals surface area contributed by atoms with Gasteiger partial charge in [0.2, 0.25) is 0 Å². The molecule has 0 radical (unpaired) electrons. The molecule has 0 bridgehead atoms. The van der Waals surface area contributed by atoms with Gasteiger partial charge in [-0.1, -0.05) is 0 Å². The van der Waals surface area contributed by atoms with Crippen LogP contribution in [0.3, 0.4) is 0 Å². The Morgan fingerprint density at radius 1 is 1.21 bits per heavy atom. The van der Waals surface area contributed by atoms with E-state index in [0.29, 0.717) is 5.82 Å². The van der Waals surface area contributed by atoms with Crippen LogP contribution in [0.2, 0.25) is 0 Å². The predicted octanol–water partition coefficient (Wildman–Crippen LogP) is 3.89. The van der Waals surface area contributed by atoms with Gasteiger partial charge in [0, 0.05) is 23.7 Å². The van der Waals surface area contributed by atoms with Crippen LogP contribution in [0.1, 0.15) is 27.8 Å². The summed E-state index contributed by atoms with van der Waals surface area (Å²) in [6.07, 6.45) is 3.40. The minimum atomic E-state index is -0.204. The second-order valence-corrected chi connectivity index (χ2v) is 6.39. The second kappa shape index (κ2) is 6.05. The highest BCUT2D eigenvalue weighted by atomic mass is 32.1. The summed E-state index contributed by atoms with van der Waals surface area (Å²) in [5, 5.41) is 5.27. The fraction of sp³-hybridized carbons (Fsp3) is 0.167. The van der Waals surface area contributed by atoms with E-state index in [0.717, 1.165) is 22.9 Å². The number of hydrogen-bond donors (Lipinski definition) is 1. The lowest BCUT2D eigenvalue weighted by molar-refractivity contribution is 0.557. The van der Waals surface area contributed by atoms with Crippen molar-refractivity contribution in [3.63, 3.8) is 0 Å². The average Bonchev–Trinajstić information content (AvgIpc) is 3.24. The molecule has 3 aromatic rings. The smallest absolute Gasteiger partial charge is 0.163 e. The van der Waals surface area contributed by atoms with E-state index in [-0.39, 0.29) is 6.04 Å². The van der Waals surface area contributed by atoms with Crippen LogP contribution in [-0.4, -0.2) is 23.6 Å². The minimum Gasteiger partial charge on any atom is -0.463 e. The molecule has 1 aliphatic rings. The molecule has 0 spiro atoms. The normalized spacial score (nSPS) is 16.8. The fourth-order valence-electron chi connectivity index (χ4n) is 2.76. The number of aliphatic imine (C=N–C) groups is 2. The lowest BCUT2D eigenvalue weighted by Crippen LogP contribution is -2.25. The number of nitrogens with one attached hydrogen (secondary N) is 1. The van der Waals surface area contributed by atoms with Gasteiger partial charge in [-0.3, -0.25) is 4.99 Å². The van der Waals surface area contributed by atoms with Crippen molar-refractivity contribution in [1.82, 2.24) is 10.3 Å². The van der Waals surface area contributed by atoms with Gasteiger partial charge in [0.25, 0.3) is 0 Å². The zero-order valence-corrected chi connectivity index (χ0v) is 14.2.